The summed E-state index contributed by atoms with van der Waals surface area (Å²) < 4.78 is 0. The van der Waals surface area contributed by atoms with Gasteiger partial charge in [-0.15, -0.1) is 0 Å². The number of carboxylic acid groups (broad SMARTS) is 1. The van der Waals surface area contributed by atoms with Crippen molar-refractivity contribution in [2.45, 2.75) is 64.5 Å². The molecule has 0 spiro atoms. The Kier molecular flexibility index (Phi) is 12.8. The molecule has 1 amide bonds. The van der Waals surface area contributed by atoms with Crippen LogP contribution in [-0.2, 0) is 11.3 Å². The van der Waals surface area contributed by atoms with Crippen LogP contribution in [0.5, 0.6) is 0 Å². The molecule has 214 valence electrons. The number of nitrogens with zero attached hydrogens (tertiary/aromatic N) is 2. The van der Waals surface area contributed by atoms with Crippen molar-refractivity contribution >= 4 is 23.6 Å². The van der Waals surface area contributed by atoms with E-state index in [1.165, 1.54) is 44.1 Å². The van der Waals surface area contributed by atoms with E-state index < -0.39 is 12.0 Å². The van der Waals surface area contributed by atoms with E-state index in [2.05, 4.69) is 48.3 Å². The van der Waals surface area contributed by atoms with Crippen molar-refractivity contribution < 1.29 is 14.7 Å². The van der Waals surface area contributed by atoms with Gasteiger partial charge >= 0.3 is 5.97 Å². The monoisotopic (exact) mass is 553 g/mol. The predicted octanol–water partition coefficient (Wildman–Crippen LogP) is 5.93. The van der Waals surface area contributed by atoms with E-state index >= 15 is 0 Å². The molecule has 1 aliphatic rings. The molecule has 2 aromatic carbocycles. The Hall–Kier alpha value is -2.35. The number of aryl methyl sites for hydroxylation is 1. The number of thioether (sulfide) groups is 1. The molecule has 1 aliphatic carbocycles. The third-order valence-electron chi connectivity index (χ3n) is 7.83. The van der Waals surface area contributed by atoms with Crippen LogP contribution in [0.3, 0.4) is 0 Å². The fraction of sp³-hybridized carbons (Fsp3) is 0.562. The van der Waals surface area contributed by atoms with Gasteiger partial charge in [0.1, 0.15) is 6.04 Å². The lowest BCUT2D eigenvalue weighted by molar-refractivity contribution is -0.139. The first kappa shape index (κ1) is 31.2. The highest BCUT2D eigenvalue weighted by molar-refractivity contribution is 7.98. The van der Waals surface area contributed by atoms with Gasteiger partial charge in [0.15, 0.2) is 0 Å². The predicted molar refractivity (Wildman–Crippen MR) is 164 cm³/mol. The first-order valence-electron chi connectivity index (χ1n) is 14.4. The average Bonchev–Trinajstić information content (AvgIpc) is 2.93. The second-order valence-electron chi connectivity index (χ2n) is 11.2. The molecule has 2 N–H and O–H groups in total. The van der Waals surface area contributed by atoms with Gasteiger partial charge in [0.2, 0.25) is 0 Å². The van der Waals surface area contributed by atoms with Crippen molar-refractivity contribution in [2.24, 2.45) is 5.92 Å². The van der Waals surface area contributed by atoms with Gasteiger partial charge in [-0.05, 0) is 92.7 Å². The molecule has 1 fully saturated rings. The summed E-state index contributed by atoms with van der Waals surface area (Å²) in [5, 5.41) is 12.4. The normalized spacial score (nSPS) is 15.0. The SMILES string of the molecule is CSCCC(NC(=O)c1ccc(CN(CCC2CCCCC2)CCN(C)C)cc1-c1ccccc1C)C(=O)O. The molecule has 39 heavy (non-hydrogen) atoms. The summed E-state index contributed by atoms with van der Waals surface area (Å²) in [4.78, 5) is 30.0. The Bertz CT molecular complexity index is 1070. The number of nitrogens with one attached hydrogen (secondary N) is 1. The van der Waals surface area contributed by atoms with Gasteiger partial charge in [-0.1, -0.05) is 62.4 Å². The van der Waals surface area contributed by atoms with E-state index in [-0.39, 0.29) is 5.91 Å². The molecule has 1 unspecified atom stereocenters. The van der Waals surface area contributed by atoms with Gasteiger partial charge in [-0.2, -0.15) is 11.8 Å². The fourth-order valence-corrected chi connectivity index (χ4v) is 5.90. The van der Waals surface area contributed by atoms with Crippen molar-refractivity contribution in [1.82, 2.24) is 15.1 Å². The molecule has 3 rings (SSSR count). The second-order valence-corrected chi connectivity index (χ2v) is 12.2. The van der Waals surface area contributed by atoms with E-state index in [0.29, 0.717) is 17.7 Å². The van der Waals surface area contributed by atoms with Crippen LogP contribution in [0.15, 0.2) is 42.5 Å². The molecule has 0 heterocycles. The smallest absolute Gasteiger partial charge is 0.326 e. The highest BCUT2D eigenvalue weighted by Crippen LogP contribution is 2.30. The molecule has 0 saturated heterocycles. The minimum absolute atomic E-state index is 0.338. The number of hydrogen-bond acceptors (Lipinski definition) is 5. The van der Waals surface area contributed by atoms with Gasteiger partial charge in [-0.3, -0.25) is 9.69 Å². The summed E-state index contributed by atoms with van der Waals surface area (Å²) in [7, 11) is 4.24. The van der Waals surface area contributed by atoms with Gasteiger partial charge < -0.3 is 15.3 Å². The van der Waals surface area contributed by atoms with Crippen molar-refractivity contribution in [3.8, 4) is 11.1 Å². The largest absolute Gasteiger partial charge is 0.480 e. The van der Waals surface area contributed by atoms with Gasteiger partial charge in [0.25, 0.3) is 5.91 Å². The van der Waals surface area contributed by atoms with Crippen molar-refractivity contribution in [3.05, 3.63) is 59.2 Å². The Morgan fingerprint density at radius 3 is 2.44 bits per heavy atom. The maximum absolute atomic E-state index is 13.4. The first-order valence-corrected chi connectivity index (χ1v) is 15.8. The fourth-order valence-electron chi connectivity index (χ4n) is 5.43. The lowest BCUT2D eigenvalue weighted by Crippen LogP contribution is -2.41. The minimum atomic E-state index is -0.999. The van der Waals surface area contributed by atoms with Crippen LogP contribution in [-0.4, -0.2) is 78.6 Å². The molecule has 0 aromatic heterocycles. The number of rotatable bonds is 15. The highest BCUT2D eigenvalue weighted by atomic mass is 32.2. The summed E-state index contributed by atoms with van der Waals surface area (Å²) >= 11 is 1.58. The number of carboxylic acids is 1. The summed E-state index contributed by atoms with van der Waals surface area (Å²) in [6.07, 6.45) is 10.4. The zero-order chi connectivity index (χ0) is 28.2. The quantitative estimate of drug-likeness (QED) is 0.285. The van der Waals surface area contributed by atoms with Crippen LogP contribution in [0, 0.1) is 12.8 Å². The number of carbonyl (C=O) groups is 2. The maximum atomic E-state index is 13.4. The number of carbonyl (C=O) groups excluding carboxylic acids is 1. The van der Waals surface area contributed by atoms with Gasteiger partial charge in [0.05, 0.1) is 0 Å². The zero-order valence-corrected chi connectivity index (χ0v) is 25.1. The second kappa shape index (κ2) is 16.0. The van der Waals surface area contributed by atoms with Crippen molar-refractivity contribution in [1.29, 1.82) is 0 Å². The molecule has 0 bridgehead atoms. The van der Waals surface area contributed by atoms with E-state index in [4.69, 9.17) is 0 Å². The molecular weight excluding hydrogens is 506 g/mol. The van der Waals surface area contributed by atoms with E-state index in [1.54, 1.807) is 11.8 Å². The summed E-state index contributed by atoms with van der Waals surface area (Å²) in [6, 6.07) is 13.2. The molecule has 0 aliphatic heterocycles. The lowest BCUT2D eigenvalue weighted by Gasteiger charge is -2.28. The Morgan fingerprint density at radius 2 is 1.77 bits per heavy atom. The van der Waals surface area contributed by atoms with Crippen LogP contribution in [0.4, 0.5) is 0 Å². The van der Waals surface area contributed by atoms with Crippen molar-refractivity contribution in [3.63, 3.8) is 0 Å². The number of benzene rings is 2. The van der Waals surface area contributed by atoms with E-state index in [0.717, 1.165) is 48.8 Å². The van der Waals surface area contributed by atoms with Crippen LogP contribution in [0.1, 0.15) is 66.4 Å². The summed E-state index contributed by atoms with van der Waals surface area (Å²) in [6.45, 7) is 5.96. The van der Waals surface area contributed by atoms with Crippen LogP contribution in [0.25, 0.3) is 11.1 Å². The standard InChI is InChI=1S/C32H47N3O3S/c1-24-10-8-9-13-27(24)29-22-26(14-15-28(29)31(36)33-30(32(37)38)17-21-39-4)23-35(20-19-34(2)3)18-16-25-11-6-5-7-12-25/h8-10,13-15,22,25,30H,5-7,11-12,16-21,23H2,1-4H3,(H,33,36)(H,37,38). The van der Waals surface area contributed by atoms with Crippen LogP contribution < -0.4 is 5.32 Å². The molecule has 7 heteroatoms. The van der Waals surface area contributed by atoms with E-state index in [1.807, 2.05) is 36.6 Å². The number of amides is 1. The Labute approximate surface area is 239 Å². The minimum Gasteiger partial charge on any atom is -0.480 e. The van der Waals surface area contributed by atoms with Gasteiger partial charge in [0, 0.05) is 25.2 Å². The van der Waals surface area contributed by atoms with Crippen LogP contribution >= 0.6 is 11.8 Å². The highest BCUT2D eigenvalue weighted by Gasteiger charge is 2.23. The van der Waals surface area contributed by atoms with E-state index in [9.17, 15) is 14.7 Å². The maximum Gasteiger partial charge on any atom is 0.326 e. The average molecular weight is 554 g/mol. The van der Waals surface area contributed by atoms with Gasteiger partial charge in [-0.25, -0.2) is 4.79 Å². The topological polar surface area (TPSA) is 72.9 Å². The number of likely N-dealkylation sites (N-methyl/N-ethyl adjacent to an activating group) is 1. The first-order chi connectivity index (χ1) is 18.8. The third-order valence-corrected chi connectivity index (χ3v) is 8.47. The Balaban J connectivity index is 1.86. The number of aliphatic carboxylic acids is 1. The molecular formula is C32H47N3O3S. The Morgan fingerprint density at radius 1 is 1.03 bits per heavy atom. The molecule has 2 aromatic rings. The van der Waals surface area contributed by atoms with Crippen LogP contribution in [0.2, 0.25) is 0 Å². The third kappa shape index (κ3) is 9.96. The summed E-state index contributed by atoms with van der Waals surface area (Å²) in [5.74, 6) is 0.170. The van der Waals surface area contributed by atoms with Crippen molar-refractivity contribution in [2.75, 3.05) is 45.7 Å². The zero-order valence-electron chi connectivity index (χ0n) is 24.2. The number of hydrogen-bond donors (Lipinski definition) is 2. The molecule has 0 radical (unpaired) electrons. The lowest BCUT2D eigenvalue weighted by atomic mass is 9.87. The summed E-state index contributed by atoms with van der Waals surface area (Å²) in [5.41, 5.74) is 4.64. The molecule has 6 nitrogen and oxygen atoms in total. The molecule has 1 atom stereocenters. The molecule has 1 saturated carbocycles.